The minimum atomic E-state index is -3.86. The van der Waals surface area contributed by atoms with Crippen LogP contribution in [-0.2, 0) is 14.8 Å². The summed E-state index contributed by atoms with van der Waals surface area (Å²) in [4.78, 5) is 12.5. The molecule has 0 unspecified atom stereocenters. The van der Waals surface area contributed by atoms with Gasteiger partial charge in [-0.2, -0.15) is 0 Å². The third-order valence-corrected chi connectivity index (χ3v) is 7.00. The molecular formula is C17H12Cl4N4O3S2. The van der Waals surface area contributed by atoms with Crippen LogP contribution in [0.2, 0.25) is 20.1 Å². The molecule has 0 atom stereocenters. The van der Waals surface area contributed by atoms with Gasteiger partial charge in [0.2, 0.25) is 21.1 Å². The number of carbonyl (C=O) groups excluding carboxylic acids is 1. The summed E-state index contributed by atoms with van der Waals surface area (Å²) in [6.45, 7) is -0.549. The molecule has 7 nitrogen and oxygen atoms in total. The molecule has 0 aliphatic heterocycles. The first-order chi connectivity index (χ1) is 14.0. The van der Waals surface area contributed by atoms with E-state index in [1.165, 1.54) is 12.1 Å². The molecule has 0 fully saturated rings. The van der Waals surface area contributed by atoms with Crippen molar-refractivity contribution in [3.63, 3.8) is 0 Å². The maximum Gasteiger partial charge on any atom is 0.246 e. The molecular weight excluding hydrogens is 514 g/mol. The third-order valence-electron chi connectivity index (χ3n) is 3.71. The van der Waals surface area contributed by atoms with Gasteiger partial charge in [-0.3, -0.25) is 14.4 Å². The second kappa shape index (κ2) is 9.25. The van der Waals surface area contributed by atoms with Gasteiger partial charge in [0.15, 0.2) is 0 Å². The van der Waals surface area contributed by atoms with Crippen LogP contribution in [0.4, 0.5) is 10.8 Å². The molecule has 3 rings (SSSR count). The number of rotatable bonds is 6. The minimum Gasteiger partial charge on any atom is -0.299 e. The van der Waals surface area contributed by atoms with E-state index in [4.69, 9.17) is 46.4 Å². The molecule has 2 aromatic carbocycles. The maximum atomic E-state index is 12.5. The molecule has 3 aromatic rings. The van der Waals surface area contributed by atoms with Crippen molar-refractivity contribution in [3.8, 4) is 10.6 Å². The number of hydrogen-bond donors (Lipinski definition) is 1. The van der Waals surface area contributed by atoms with Crippen LogP contribution < -0.4 is 9.62 Å². The van der Waals surface area contributed by atoms with Gasteiger partial charge in [-0.25, -0.2) is 8.42 Å². The average molecular weight is 526 g/mol. The molecule has 1 N–H and O–H groups in total. The lowest BCUT2D eigenvalue weighted by molar-refractivity contribution is -0.114. The van der Waals surface area contributed by atoms with Crippen LogP contribution in [0.1, 0.15) is 0 Å². The maximum absolute atomic E-state index is 12.5. The second-order valence-electron chi connectivity index (χ2n) is 5.95. The predicted molar refractivity (Wildman–Crippen MR) is 123 cm³/mol. The van der Waals surface area contributed by atoms with Crippen molar-refractivity contribution >= 4 is 84.5 Å². The number of sulfonamides is 1. The fraction of sp³-hybridized carbons (Fsp3) is 0.118. The van der Waals surface area contributed by atoms with Crippen molar-refractivity contribution < 1.29 is 13.2 Å². The van der Waals surface area contributed by atoms with Gasteiger partial charge in [-0.15, -0.1) is 10.2 Å². The Kier molecular flexibility index (Phi) is 7.11. The molecule has 0 bridgehead atoms. The number of anilines is 2. The topological polar surface area (TPSA) is 92.3 Å². The highest BCUT2D eigenvalue weighted by Gasteiger charge is 2.25. The van der Waals surface area contributed by atoms with E-state index in [-0.39, 0.29) is 25.9 Å². The second-order valence-corrected chi connectivity index (χ2v) is 10.5. The summed E-state index contributed by atoms with van der Waals surface area (Å²) in [5.41, 5.74) is 0.806. The van der Waals surface area contributed by atoms with E-state index in [2.05, 4.69) is 15.5 Å². The number of hydrogen-bond acceptors (Lipinski definition) is 6. The summed E-state index contributed by atoms with van der Waals surface area (Å²) < 4.78 is 25.3. The van der Waals surface area contributed by atoms with Gasteiger partial charge in [-0.05, 0) is 24.3 Å². The molecule has 0 aliphatic rings. The van der Waals surface area contributed by atoms with E-state index in [1.807, 2.05) is 0 Å². The van der Waals surface area contributed by atoms with E-state index >= 15 is 0 Å². The number of aromatic nitrogens is 2. The summed E-state index contributed by atoms with van der Waals surface area (Å²) >= 11 is 25.0. The normalized spacial score (nSPS) is 11.4. The lowest BCUT2D eigenvalue weighted by Crippen LogP contribution is -2.37. The van der Waals surface area contributed by atoms with Crippen molar-refractivity contribution in [1.82, 2.24) is 10.2 Å². The lowest BCUT2D eigenvalue weighted by Gasteiger charge is -2.23. The first-order valence-corrected chi connectivity index (χ1v) is 12.2. The minimum absolute atomic E-state index is 0.0304. The largest absolute Gasteiger partial charge is 0.299 e. The van der Waals surface area contributed by atoms with E-state index < -0.39 is 22.5 Å². The van der Waals surface area contributed by atoms with Crippen LogP contribution in [0.15, 0.2) is 36.4 Å². The van der Waals surface area contributed by atoms with Gasteiger partial charge >= 0.3 is 0 Å². The number of halogens is 4. The molecule has 0 radical (unpaired) electrons. The molecule has 0 saturated heterocycles. The molecule has 30 heavy (non-hydrogen) atoms. The zero-order chi connectivity index (χ0) is 22.1. The Hall–Kier alpha value is -1.62. The number of carbonyl (C=O) groups is 1. The summed E-state index contributed by atoms with van der Waals surface area (Å²) in [6.07, 6.45) is 0.947. The van der Waals surface area contributed by atoms with Crippen molar-refractivity contribution in [1.29, 1.82) is 0 Å². The van der Waals surface area contributed by atoms with E-state index in [0.29, 0.717) is 10.0 Å². The molecule has 1 heterocycles. The Morgan fingerprint density at radius 1 is 1.03 bits per heavy atom. The summed E-state index contributed by atoms with van der Waals surface area (Å²) in [5, 5.41) is 12.1. The third kappa shape index (κ3) is 5.54. The average Bonchev–Trinajstić information content (AvgIpc) is 3.11. The van der Waals surface area contributed by atoms with Crippen molar-refractivity contribution in [2.75, 3.05) is 22.4 Å². The standard InChI is InChI=1S/C17H12Cl4N4O3S2/c1-30(27,28)25(14-7-12(20)11(19)6-13(14)21)8-15(26)22-17-24-23-16(29-17)9-2-4-10(18)5-3-9/h2-7H,8H2,1H3,(H,22,24,26). The number of amides is 1. The van der Waals surface area contributed by atoms with Crippen molar-refractivity contribution in [3.05, 3.63) is 56.5 Å². The monoisotopic (exact) mass is 524 g/mol. The molecule has 0 aliphatic carbocycles. The quantitative estimate of drug-likeness (QED) is 0.445. The summed E-state index contributed by atoms with van der Waals surface area (Å²) in [6, 6.07) is 9.55. The van der Waals surface area contributed by atoms with Crippen LogP contribution >= 0.6 is 57.7 Å². The fourth-order valence-corrected chi connectivity index (χ4v) is 4.80. The molecule has 1 aromatic heterocycles. The van der Waals surface area contributed by atoms with Gasteiger partial charge in [0.05, 0.1) is 27.0 Å². The first-order valence-electron chi connectivity index (χ1n) is 8.06. The van der Waals surface area contributed by atoms with E-state index in [0.717, 1.165) is 27.5 Å². The van der Waals surface area contributed by atoms with E-state index in [1.54, 1.807) is 24.3 Å². The molecule has 158 valence electrons. The van der Waals surface area contributed by atoms with Crippen molar-refractivity contribution in [2.24, 2.45) is 0 Å². The first kappa shape index (κ1) is 23.1. The van der Waals surface area contributed by atoms with Crippen LogP contribution in [0.5, 0.6) is 0 Å². The zero-order valence-electron chi connectivity index (χ0n) is 15.1. The Balaban J connectivity index is 1.79. The highest BCUT2D eigenvalue weighted by molar-refractivity contribution is 7.92. The van der Waals surface area contributed by atoms with Crippen LogP contribution in [0.25, 0.3) is 10.6 Å². The summed E-state index contributed by atoms with van der Waals surface area (Å²) in [5.74, 6) is -0.638. The van der Waals surface area contributed by atoms with E-state index in [9.17, 15) is 13.2 Å². The number of benzene rings is 2. The van der Waals surface area contributed by atoms with Gasteiger partial charge in [0.1, 0.15) is 11.6 Å². The van der Waals surface area contributed by atoms with Gasteiger partial charge in [0.25, 0.3) is 0 Å². The Morgan fingerprint density at radius 3 is 2.30 bits per heavy atom. The molecule has 0 spiro atoms. The van der Waals surface area contributed by atoms with Gasteiger partial charge in [0, 0.05) is 10.6 Å². The van der Waals surface area contributed by atoms with Crippen LogP contribution in [-0.4, -0.2) is 37.3 Å². The van der Waals surface area contributed by atoms with Crippen LogP contribution in [0, 0.1) is 0 Å². The fourth-order valence-electron chi connectivity index (χ4n) is 2.36. The van der Waals surface area contributed by atoms with Gasteiger partial charge in [-0.1, -0.05) is 69.9 Å². The predicted octanol–water partition coefficient (Wildman–Crippen LogP) is 5.22. The van der Waals surface area contributed by atoms with Gasteiger partial charge < -0.3 is 0 Å². The Labute approximate surface area is 196 Å². The zero-order valence-corrected chi connectivity index (χ0v) is 19.7. The highest BCUT2D eigenvalue weighted by Crippen LogP contribution is 2.35. The number of nitrogens with one attached hydrogen (secondary N) is 1. The molecule has 0 saturated carbocycles. The molecule has 1 amide bonds. The van der Waals surface area contributed by atoms with Crippen LogP contribution in [0.3, 0.4) is 0 Å². The lowest BCUT2D eigenvalue weighted by atomic mass is 10.2. The summed E-state index contributed by atoms with van der Waals surface area (Å²) in [7, 11) is -3.86. The van der Waals surface area contributed by atoms with Crippen molar-refractivity contribution in [2.45, 2.75) is 0 Å². The Morgan fingerprint density at radius 2 is 1.67 bits per heavy atom. The SMILES string of the molecule is CS(=O)(=O)N(CC(=O)Nc1nnc(-c2ccc(Cl)cc2)s1)c1cc(Cl)c(Cl)cc1Cl. The Bertz CT molecular complexity index is 1200. The molecule has 13 heteroatoms. The number of nitrogens with zero attached hydrogens (tertiary/aromatic N) is 3. The smallest absolute Gasteiger partial charge is 0.246 e. The highest BCUT2D eigenvalue weighted by atomic mass is 35.5.